The lowest BCUT2D eigenvalue weighted by molar-refractivity contribution is -0.305. The molecule has 1 aliphatic rings. The normalized spacial score (nSPS) is 25.0. The summed E-state index contributed by atoms with van der Waals surface area (Å²) in [4.78, 5) is 5.61. The van der Waals surface area contributed by atoms with Crippen LogP contribution in [0.5, 0.6) is 0 Å². The Hall–Kier alpha value is -2.82. The Morgan fingerprint density at radius 3 is 2.26 bits per heavy atom. The van der Waals surface area contributed by atoms with Gasteiger partial charge in [-0.05, 0) is 36.8 Å². The highest BCUT2D eigenvalue weighted by molar-refractivity contribution is 6.30. The van der Waals surface area contributed by atoms with E-state index in [9.17, 15) is 0 Å². The SMILES string of the molecule is CO[C@@H]1[C@@H](OC)[C@H](C)O[C@@H](O/N=C/c2ccc(-c3cn(-c4ccc(Cl)cc4)nn3)cc2)[C@@H]1OC. The molecule has 0 unspecified atom stereocenters. The molecule has 0 N–H and O–H groups in total. The van der Waals surface area contributed by atoms with Crippen molar-refractivity contribution in [3.05, 3.63) is 65.3 Å². The summed E-state index contributed by atoms with van der Waals surface area (Å²) in [6.07, 6.45) is 1.38. The van der Waals surface area contributed by atoms with Crippen molar-refractivity contribution in [2.75, 3.05) is 21.3 Å². The number of benzene rings is 2. The third kappa shape index (κ3) is 5.29. The zero-order valence-electron chi connectivity index (χ0n) is 19.4. The molecule has 0 aliphatic carbocycles. The summed E-state index contributed by atoms with van der Waals surface area (Å²) >= 11 is 5.95. The minimum atomic E-state index is -0.727. The molecule has 4 rings (SSSR count). The van der Waals surface area contributed by atoms with Gasteiger partial charge in [0.2, 0.25) is 0 Å². The average Bonchev–Trinajstić information content (AvgIpc) is 3.35. The first kappa shape index (κ1) is 24.3. The van der Waals surface area contributed by atoms with Gasteiger partial charge < -0.3 is 23.8 Å². The van der Waals surface area contributed by atoms with Crippen molar-refractivity contribution >= 4 is 17.8 Å². The fourth-order valence-electron chi connectivity index (χ4n) is 3.91. The highest BCUT2D eigenvalue weighted by Crippen LogP contribution is 2.27. The quantitative estimate of drug-likeness (QED) is 0.354. The molecule has 1 saturated heterocycles. The van der Waals surface area contributed by atoms with E-state index in [2.05, 4.69) is 15.5 Å². The van der Waals surface area contributed by atoms with Gasteiger partial charge in [0.25, 0.3) is 6.29 Å². The number of hydrogen-bond acceptors (Lipinski definition) is 8. The topological polar surface area (TPSA) is 89.2 Å². The maximum atomic E-state index is 5.95. The summed E-state index contributed by atoms with van der Waals surface area (Å²) in [5, 5.41) is 13.2. The van der Waals surface area contributed by atoms with Crippen LogP contribution in [0.4, 0.5) is 0 Å². The van der Waals surface area contributed by atoms with E-state index in [1.165, 1.54) is 0 Å². The van der Waals surface area contributed by atoms with Gasteiger partial charge in [-0.1, -0.05) is 46.2 Å². The van der Waals surface area contributed by atoms with Crippen molar-refractivity contribution < 1.29 is 23.8 Å². The predicted octanol–water partition coefficient (Wildman–Crippen LogP) is 3.73. The summed E-state index contributed by atoms with van der Waals surface area (Å²) in [7, 11) is 4.80. The lowest BCUT2D eigenvalue weighted by atomic mass is 9.99. The molecule has 180 valence electrons. The maximum Gasteiger partial charge on any atom is 0.256 e. The molecule has 1 fully saturated rings. The van der Waals surface area contributed by atoms with Gasteiger partial charge >= 0.3 is 0 Å². The minimum Gasteiger partial charge on any atom is -0.376 e. The molecule has 0 radical (unpaired) electrons. The van der Waals surface area contributed by atoms with Gasteiger partial charge in [-0.15, -0.1) is 5.10 Å². The molecule has 1 aliphatic heterocycles. The third-order valence-electron chi connectivity index (χ3n) is 5.70. The van der Waals surface area contributed by atoms with Gasteiger partial charge in [0.05, 0.1) is 24.2 Å². The van der Waals surface area contributed by atoms with E-state index >= 15 is 0 Å². The Balaban J connectivity index is 1.40. The Kier molecular flexibility index (Phi) is 7.91. The Labute approximate surface area is 203 Å². The van der Waals surface area contributed by atoms with E-state index in [4.69, 9.17) is 35.4 Å². The first-order valence-electron chi connectivity index (χ1n) is 10.8. The Morgan fingerprint density at radius 2 is 1.62 bits per heavy atom. The van der Waals surface area contributed by atoms with Crippen molar-refractivity contribution in [1.82, 2.24) is 15.0 Å². The van der Waals surface area contributed by atoms with Gasteiger partial charge in [0.1, 0.15) is 17.9 Å². The first-order valence-corrected chi connectivity index (χ1v) is 11.1. The second-order valence-electron chi connectivity index (χ2n) is 7.80. The lowest BCUT2D eigenvalue weighted by Gasteiger charge is -2.42. The number of halogens is 1. The Morgan fingerprint density at radius 1 is 0.941 bits per heavy atom. The molecule has 9 nitrogen and oxygen atoms in total. The van der Waals surface area contributed by atoms with Crippen LogP contribution in [-0.4, -0.2) is 73.2 Å². The highest BCUT2D eigenvalue weighted by Gasteiger charge is 2.46. The minimum absolute atomic E-state index is 0.248. The monoisotopic (exact) mass is 486 g/mol. The van der Waals surface area contributed by atoms with Crippen molar-refractivity contribution in [1.29, 1.82) is 0 Å². The molecule has 0 saturated carbocycles. The van der Waals surface area contributed by atoms with Crippen LogP contribution in [0.1, 0.15) is 12.5 Å². The van der Waals surface area contributed by atoms with Crippen LogP contribution in [-0.2, 0) is 23.8 Å². The van der Waals surface area contributed by atoms with E-state index in [1.807, 2.05) is 61.7 Å². The van der Waals surface area contributed by atoms with E-state index in [1.54, 1.807) is 32.2 Å². The molecule has 0 amide bonds. The van der Waals surface area contributed by atoms with Crippen LogP contribution >= 0.6 is 11.6 Å². The second-order valence-corrected chi connectivity index (χ2v) is 8.23. The molecular formula is C24H27ClN4O5. The predicted molar refractivity (Wildman–Crippen MR) is 127 cm³/mol. The van der Waals surface area contributed by atoms with Crippen LogP contribution in [0.2, 0.25) is 5.02 Å². The molecule has 2 aromatic carbocycles. The fraction of sp³-hybridized carbons (Fsp3) is 0.375. The number of ether oxygens (including phenoxy) is 4. The number of methoxy groups -OCH3 is 3. The standard InChI is InChI=1S/C24H27ClN4O5/c1-15-21(30-2)22(31-3)23(32-4)24(33-15)34-26-13-16-5-7-17(8-6-16)20-14-29(28-27-20)19-11-9-18(25)10-12-19/h5-15,21-24H,1-4H3/b26-13+/t15-,21-,22+,23+,24-/m0/s1. The van der Waals surface area contributed by atoms with Gasteiger partial charge in [-0.25, -0.2) is 4.68 Å². The van der Waals surface area contributed by atoms with Gasteiger partial charge in [0.15, 0.2) is 6.10 Å². The van der Waals surface area contributed by atoms with Crippen molar-refractivity contribution in [2.45, 2.75) is 37.6 Å². The smallest absolute Gasteiger partial charge is 0.256 e. The molecule has 34 heavy (non-hydrogen) atoms. The molecule has 0 spiro atoms. The largest absolute Gasteiger partial charge is 0.376 e. The summed E-state index contributed by atoms with van der Waals surface area (Å²) in [5.74, 6) is 0. The van der Waals surface area contributed by atoms with Crippen LogP contribution < -0.4 is 0 Å². The van der Waals surface area contributed by atoms with Gasteiger partial charge in [-0.2, -0.15) is 0 Å². The van der Waals surface area contributed by atoms with E-state index in [0.717, 1.165) is 22.5 Å². The highest BCUT2D eigenvalue weighted by atomic mass is 35.5. The second kappa shape index (κ2) is 11.1. The fourth-order valence-corrected chi connectivity index (χ4v) is 4.03. The number of rotatable bonds is 8. The maximum absolute atomic E-state index is 5.95. The molecule has 1 aromatic heterocycles. The summed E-state index contributed by atoms with van der Waals surface area (Å²) in [6.45, 7) is 1.90. The molecule has 3 aromatic rings. The number of hydrogen-bond donors (Lipinski definition) is 0. The van der Waals surface area contributed by atoms with Crippen molar-refractivity contribution in [3.8, 4) is 16.9 Å². The van der Waals surface area contributed by atoms with Gasteiger partial charge in [0, 0.05) is 31.9 Å². The molecule has 0 bridgehead atoms. The number of oxime groups is 1. The summed E-state index contributed by atoms with van der Waals surface area (Å²) in [6, 6.07) is 15.1. The third-order valence-corrected chi connectivity index (χ3v) is 5.95. The number of nitrogens with zero attached hydrogens (tertiary/aromatic N) is 4. The van der Waals surface area contributed by atoms with E-state index < -0.39 is 12.4 Å². The molecular weight excluding hydrogens is 460 g/mol. The van der Waals surface area contributed by atoms with Gasteiger partial charge in [-0.3, -0.25) is 0 Å². The Bertz CT molecular complexity index is 1090. The lowest BCUT2D eigenvalue weighted by Crippen LogP contribution is -2.59. The van der Waals surface area contributed by atoms with Crippen LogP contribution in [0, 0.1) is 0 Å². The zero-order chi connectivity index (χ0) is 24.1. The van der Waals surface area contributed by atoms with Crippen LogP contribution in [0.15, 0.2) is 59.9 Å². The van der Waals surface area contributed by atoms with Crippen LogP contribution in [0.3, 0.4) is 0 Å². The van der Waals surface area contributed by atoms with Crippen molar-refractivity contribution in [3.63, 3.8) is 0 Å². The summed E-state index contributed by atoms with van der Waals surface area (Å²) in [5.41, 5.74) is 3.41. The molecule has 5 atom stereocenters. The molecule has 10 heteroatoms. The van der Waals surface area contributed by atoms with Crippen LogP contribution in [0.25, 0.3) is 16.9 Å². The van der Waals surface area contributed by atoms with E-state index in [-0.39, 0.29) is 18.3 Å². The van der Waals surface area contributed by atoms with Crippen molar-refractivity contribution in [2.24, 2.45) is 5.16 Å². The number of aromatic nitrogens is 3. The first-order chi connectivity index (χ1) is 16.5. The van der Waals surface area contributed by atoms with E-state index in [0.29, 0.717) is 5.02 Å². The average molecular weight is 487 g/mol. The summed E-state index contributed by atoms with van der Waals surface area (Å²) < 4.78 is 24.2. The molecule has 2 heterocycles. The zero-order valence-corrected chi connectivity index (χ0v) is 20.1.